The summed E-state index contributed by atoms with van der Waals surface area (Å²) in [7, 11) is 0. The van der Waals surface area contributed by atoms with Crippen molar-refractivity contribution in [3.63, 3.8) is 0 Å². The molecule has 0 amide bonds. The predicted molar refractivity (Wildman–Crippen MR) is 94.8 cm³/mol. The van der Waals surface area contributed by atoms with Crippen LogP contribution in [-0.4, -0.2) is 34.0 Å². The van der Waals surface area contributed by atoms with Gasteiger partial charge in [0.15, 0.2) is 0 Å². The molecule has 1 N–H and O–H groups in total. The van der Waals surface area contributed by atoms with Crippen LogP contribution in [0.4, 0.5) is 0 Å². The summed E-state index contributed by atoms with van der Waals surface area (Å²) in [5, 5.41) is 3.57. The second-order valence-corrected chi connectivity index (χ2v) is 9.54. The average Bonchev–Trinajstić information content (AvgIpc) is 2.35. The molecule has 1 fully saturated rings. The van der Waals surface area contributed by atoms with Crippen molar-refractivity contribution in [1.82, 2.24) is 10.2 Å². The molecule has 0 aromatic heterocycles. The third-order valence-corrected chi connectivity index (χ3v) is 5.02. The second-order valence-electron chi connectivity index (χ2n) is 7.74. The van der Waals surface area contributed by atoms with Crippen molar-refractivity contribution in [3.8, 4) is 0 Å². The van der Waals surface area contributed by atoms with E-state index in [4.69, 9.17) is 0 Å². The Kier molecular flexibility index (Phi) is 5.39. The molecule has 0 radical (unpaired) electrons. The highest BCUT2D eigenvalue weighted by Crippen LogP contribution is 2.30. The van der Waals surface area contributed by atoms with Gasteiger partial charge in [0.2, 0.25) is 0 Å². The zero-order valence-corrected chi connectivity index (χ0v) is 15.0. The van der Waals surface area contributed by atoms with Crippen molar-refractivity contribution in [2.45, 2.75) is 58.0 Å². The molecule has 1 aromatic rings. The van der Waals surface area contributed by atoms with E-state index in [0.29, 0.717) is 4.75 Å². The van der Waals surface area contributed by atoms with Crippen LogP contribution < -0.4 is 5.32 Å². The van der Waals surface area contributed by atoms with E-state index in [1.165, 1.54) is 30.0 Å². The second kappa shape index (κ2) is 6.72. The lowest BCUT2D eigenvalue weighted by atomic mass is 10.1. The minimum atomic E-state index is 0.171. The summed E-state index contributed by atoms with van der Waals surface area (Å²) in [6, 6.07) is 9.03. The molecule has 0 spiro atoms. The minimum Gasteiger partial charge on any atom is -0.308 e. The maximum atomic E-state index is 3.57. The standard InChI is InChI=1S/C18H30N2S/c1-17(2,3)19-12-15-7-6-8-16(11-15)13-20-9-10-21-18(4,5)14-20/h6-8,11,19H,9-10,12-14H2,1-5H3. The van der Waals surface area contributed by atoms with Crippen molar-refractivity contribution in [3.05, 3.63) is 35.4 Å². The van der Waals surface area contributed by atoms with Crippen molar-refractivity contribution in [1.29, 1.82) is 0 Å². The van der Waals surface area contributed by atoms with E-state index >= 15 is 0 Å². The Bertz CT molecular complexity index is 463. The first kappa shape index (κ1) is 16.9. The van der Waals surface area contributed by atoms with Gasteiger partial charge in [-0.3, -0.25) is 4.90 Å². The highest BCUT2D eigenvalue weighted by Gasteiger charge is 2.26. The Labute approximate surface area is 134 Å². The van der Waals surface area contributed by atoms with E-state index in [1.54, 1.807) is 0 Å². The third-order valence-electron chi connectivity index (χ3n) is 3.73. The first-order chi connectivity index (χ1) is 9.73. The number of hydrogen-bond acceptors (Lipinski definition) is 3. The van der Waals surface area contributed by atoms with Crippen LogP contribution in [0.3, 0.4) is 0 Å². The van der Waals surface area contributed by atoms with Crippen LogP contribution in [0.15, 0.2) is 24.3 Å². The molecule has 1 aromatic carbocycles. The molecule has 21 heavy (non-hydrogen) atoms. The molecule has 2 nitrogen and oxygen atoms in total. The highest BCUT2D eigenvalue weighted by molar-refractivity contribution is 8.00. The van der Waals surface area contributed by atoms with Gasteiger partial charge in [0.05, 0.1) is 0 Å². The lowest BCUT2D eigenvalue weighted by Gasteiger charge is -2.37. The molecule has 1 aliphatic heterocycles. The first-order valence-corrected chi connectivity index (χ1v) is 8.91. The van der Waals surface area contributed by atoms with Crippen molar-refractivity contribution in [2.24, 2.45) is 0 Å². The van der Waals surface area contributed by atoms with Crippen LogP contribution in [0.25, 0.3) is 0 Å². The van der Waals surface area contributed by atoms with Gasteiger partial charge in [0.25, 0.3) is 0 Å². The number of nitrogens with one attached hydrogen (secondary N) is 1. The van der Waals surface area contributed by atoms with Crippen LogP contribution in [0.2, 0.25) is 0 Å². The summed E-state index contributed by atoms with van der Waals surface area (Å²) in [5.74, 6) is 1.25. The van der Waals surface area contributed by atoms with Gasteiger partial charge in [-0.25, -0.2) is 0 Å². The number of thioether (sulfide) groups is 1. The van der Waals surface area contributed by atoms with Crippen molar-refractivity contribution in [2.75, 3.05) is 18.8 Å². The number of benzene rings is 1. The lowest BCUT2D eigenvalue weighted by molar-refractivity contribution is 0.252. The summed E-state index contributed by atoms with van der Waals surface area (Å²) in [4.78, 5) is 2.59. The largest absolute Gasteiger partial charge is 0.308 e. The number of hydrogen-bond donors (Lipinski definition) is 1. The Hall–Kier alpha value is -0.510. The minimum absolute atomic E-state index is 0.171. The molecule has 3 heteroatoms. The van der Waals surface area contributed by atoms with E-state index in [2.05, 4.69) is 80.9 Å². The fourth-order valence-corrected chi connectivity index (χ4v) is 3.89. The number of nitrogens with zero attached hydrogens (tertiary/aromatic N) is 1. The molecule has 0 atom stereocenters. The van der Waals surface area contributed by atoms with Crippen LogP contribution in [-0.2, 0) is 13.1 Å². The lowest BCUT2D eigenvalue weighted by Crippen LogP contribution is -2.42. The normalized spacial score (nSPS) is 19.7. The molecule has 0 unspecified atom stereocenters. The molecule has 1 aliphatic rings. The van der Waals surface area contributed by atoms with Gasteiger partial charge in [-0.2, -0.15) is 11.8 Å². The average molecular weight is 307 g/mol. The summed E-state index contributed by atoms with van der Waals surface area (Å²) < 4.78 is 0.393. The third kappa shape index (κ3) is 6.01. The molecular weight excluding hydrogens is 276 g/mol. The van der Waals surface area contributed by atoms with E-state index < -0.39 is 0 Å². The Balaban J connectivity index is 1.94. The Morgan fingerprint density at radius 2 is 1.95 bits per heavy atom. The zero-order valence-electron chi connectivity index (χ0n) is 14.2. The van der Waals surface area contributed by atoms with Crippen LogP contribution in [0.5, 0.6) is 0 Å². The first-order valence-electron chi connectivity index (χ1n) is 7.93. The van der Waals surface area contributed by atoms with E-state index in [9.17, 15) is 0 Å². The fourth-order valence-electron chi connectivity index (χ4n) is 2.71. The predicted octanol–water partition coefficient (Wildman–Crippen LogP) is 3.90. The summed E-state index contributed by atoms with van der Waals surface area (Å²) in [5.41, 5.74) is 2.99. The van der Waals surface area contributed by atoms with Gasteiger partial charge in [-0.1, -0.05) is 24.3 Å². The molecule has 2 rings (SSSR count). The molecule has 1 saturated heterocycles. The molecule has 0 bridgehead atoms. The van der Waals surface area contributed by atoms with Gasteiger partial charge in [0.1, 0.15) is 0 Å². The smallest absolute Gasteiger partial charge is 0.0234 e. The molecule has 0 saturated carbocycles. The summed E-state index contributed by atoms with van der Waals surface area (Å²) >= 11 is 2.10. The maximum absolute atomic E-state index is 3.57. The zero-order chi connectivity index (χ0) is 15.5. The fraction of sp³-hybridized carbons (Fsp3) is 0.667. The van der Waals surface area contributed by atoms with E-state index in [1.807, 2.05) is 0 Å². The Morgan fingerprint density at radius 1 is 1.24 bits per heavy atom. The van der Waals surface area contributed by atoms with E-state index in [-0.39, 0.29) is 5.54 Å². The van der Waals surface area contributed by atoms with Gasteiger partial charge >= 0.3 is 0 Å². The quantitative estimate of drug-likeness (QED) is 0.908. The van der Waals surface area contributed by atoms with Gasteiger partial charge in [-0.05, 0) is 45.7 Å². The van der Waals surface area contributed by atoms with Crippen molar-refractivity contribution >= 4 is 11.8 Å². The molecule has 1 heterocycles. The molecule has 0 aliphatic carbocycles. The van der Waals surface area contributed by atoms with Gasteiger partial charge < -0.3 is 5.32 Å². The van der Waals surface area contributed by atoms with Crippen LogP contribution in [0.1, 0.15) is 45.7 Å². The Morgan fingerprint density at radius 3 is 2.62 bits per heavy atom. The summed E-state index contributed by atoms with van der Waals surface area (Å²) in [6.45, 7) is 15.8. The highest BCUT2D eigenvalue weighted by atomic mass is 32.2. The van der Waals surface area contributed by atoms with Gasteiger partial charge in [-0.15, -0.1) is 0 Å². The van der Waals surface area contributed by atoms with Crippen LogP contribution >= 0.6 is 11.8 Å². The maximum Gasteiger partial charge on any atom is 0.0234 e. The molecular formula is C18H30N2S. The topological polar surface area (TPSA) is 15.3 Å². The SMILES string of the molecule is CC(C)(C)NCc1cccc(CN2CCSC(C)(C)C2)c1. The van der Waals surface area contributed by atoms with Crippen molar-refractivity contribution < 1.29 is 0 Å². The summed E-state index contributed by atoms with van der Waals surface area (Å²) in [6.07, 6.45) is 0. The van der Waals surface area contributed by atoms with E-state index in [0.717, 1.165) is 13.1 Å². The molecule has 118 valence electrons. The number of rotatable bonds is 4. The van der Waals surface area contributed by atoms with Crippen LogP contribution in [0, 0.1) is 0 Å². The van der Waals surface area contributed by atoms with Gasteiger partial charge in [0, 0.05) is 42.2 Å². The monoisotopic (exact) mass is 306 g/mol.